The molecule has 1 amide bonds. The number of aryl methyl sites for hydroxylation is 1. The van der Waals surface area contributed by atoms with Crippen LogP contribution in [-0.2, 0) is 33.7 Å². The van der Waals surface area contributed by atoms with Gasteiger partial charge in [0.05, 0.1) is 24.3 Å². The zero-order chi connectivity index (χ0) is 18.3. The predicted molar refractivity (Wildman–Crippen MR) is 98.8 cm³/mol. The SMILES string of the molecule is CC(=O)N(Cc1cccc(F)c1)c1cc2c(s1)CC1(CC2)OCC(C)O1. The fourth-order valence-corrected chi connectivity index (χ4v) is 5.03. The second kappa shape index (κ2) is 6.76. The standard InChI is InChI=1S/C20H22FNO3S/c1-13-12-24-20(25-13)7-6-16-9-19(26-18(16)10-20)22(14(2)23)11-15-4-3-5-17(21)8-15/h3-5,8-9,13H,6-7,10-12H2,1-2H3. The van der Waals surface area contributed by atoms with Gasteiger partial charge in [0, 0.05) is 24.6 Å². The number of benzene rings is 1. The van der Waals surface area contributed by atoms with E-state index in [4.69, 9.17) is 9.47 Å². The van der Waals surface area contributed by atoms with Crippen molar-refractivity contribution in [2.75, 3.05) is 11.5 Å². The Hall–Kier alpha value is -1.76. The second-order valence-corrected chi connectivity index (χ2v) is 8.21. The van der Waals surface area contributed by atoms with Crippen molar-refractivity contribution in [1.29, 1.82) is 0 Å². The van der Waals surface area contributed by atoms with Crippen molar-refractivity contribution in [2.45, 2.75) is 51.5 Å². The molecule has 4 rings (SSSR count). The summed E-state index contributed by atoms with van der Waals surface area (Å²) in [7, 11) is 0. The number of rotatable bonds is 3. The van der Waals surface area contributed by atoms with E-state index in [2.05, 4.69) is 6.07 Å². The van der Waals surface area contributed by atoms with Gasteiger partial charge in [0.1, 0.15) is 5.82 Å². The lowest BCUT2D eigenvalue weighted by Gasteiger charge is -2.31. The molecule has 2 heterocycles. The number of ether oxygens (including phenoxy) is 2. The van der Waals surface area contributed by atoms with Crippen molar-refractivity contribution in [3.05, 3.63) is 52.2 Å². The molecular formula is C20H22FNO3S. The number of thiophene rings is 1. The van der Waals surface area contributed by atoms with E-state index in [1.807, 2.05) is 13.0 Å². The Balaban J connectivity index is 1.58. The first-order valence-electron chi connectivity index (χ1n) is 8.90. The van der Waals surface area contributed by atoms with Crippen LogP contribution in [0.4, 0.5) is 9.39 Å². The van der Waals surface area contributed by atoms with Crippen molar-refractivity contribution in [1.82, 2.24) is 0 Å². The molecule has 1 aromatic heterocycles. The van der Waals surface area contributed by atoms with Gasteiger partial charge in [-0.1, -0.05) is 12.1 Å². The van der Waals surface area contributed by atoms with Gasteiger partial charge >= 0.3 is 0 Å². The molecule has 0 radical (unpaired) electrons. The fraction of sp³-hybridized carbons (Fsp3) is 0.450. The highest BCUT2D eigenvalue weighted by molar-refractivity contribution is 7.16. The number of nitrogens with zero attached hydrogens (tertiary/aromatic N) is 1. The molecule has 1 aliphatic carbocycles. The Morgan fingerprint density at radius 1 is 1.42 bits per heavy atom. The quantitative estimate of drug-likeness (QED) is 0.812. The van der Waals surface area contributed by atoms with E-state index in [-0.39, 0.29) is 17.8 Å². The average Bonchev–Trinajstić information content (AvgIpc) is 3.16. The van der Waals surface area contributed by atoms with Gasteiger partial charge < -0.3 is 9.47 Å². The molecule has 2 aliphatic rings. The van der Waals surface area contributed by atoms with Crippen LogP contribution < -0.4 is 4.90 Å². The molecule has 1 fully saturated rings. The van der Waals surface area contributed by atoms with Crippen molar-refractivity contribution < 1.29 is 18.7 Å². The molecule has 1 saturated heterocycles. The lowest BCUT2D eigenvalue weighted by Crippen LogP contribution is -2.36. The number of amides is 1. The summed E-state index contributed by atoms with van der Waals surface area (Å²) < 4.78 is 25.5. The van der Waals surface area contributed by atoms with E-state index in [9.17, 15) is 9.18 Å². The summed E-state index contributed by atoms with van der Waals surface area (Å²) in [5.74, 6) is -0.842. The number of hydrogen-bond acceptors (Lipinski definition) is 4. The van der Waals surface area contributed by atoms with Crippen LogP contribution in [0.3, 0.4) is 0 Å². The van der Waals surface area contributed by atoms with Crippen molar-refractivity contribution >= 4 is 22.2 Å². The summed E-state index contributed by atoms with van der Waals surface area (Å²) in [5.41, 5.74) is 2.03. The second-order valence-electron chi connectivity index (χ2n) is 7.10. The van der Waals surface area contributed by atoms with Gasteiger partial charge in [-0.3, -0.25) is 9.69 Å². The first kappa shape index (κ1) is 17.6. The molecule has 0 saturated carbocycles. The smallest absolute Gasteiger partial charge is 0.224 e. The largest absolute Gasteiger partial charge is 0.347 e. The van der Waals surface area contributed by atoms with Gasteiger partial charge in [-0.15, -0.1) is 11.3 Å². The topological polar surface area (TPSA) is 38.8 Å². The fourth-order valence-electron chi connectivity index (χ4n) is 3.69. The zero-order valence-electron chi connectivity index (χ0n) is 15.0. The minimum Gasteiger partial charge on any atom is -0.347 e. The number of halogens is 1. The summed E-state index contributed by atoms with van der Waals surface area (Å²) in [6.45, 7) is 4.57. The van der Waals surface area contributed by atoms with Gasteiger partial charge in [-0.25, -0.2) is 4.39 Å². The molecule has 2 aromatic rings. The Labute approximate surface area is 156 Å². The third-order valence-electron chi connectivity index (χ3n) is 4.96. The highest BCUT2D eigenvalue weighted by atomic mass is 32.1. The van der Waals surface area contributed by atoms with Crippen molar-refractivity contribution in [3.63, 3.8) is 0 Å². The monoisotopic (exact) mass is 375 g/mol. The van der Waals surface area contributed by atoms with Crippen LogP contribution in [0.15, 0.2) is 30.3 Å². The summed E-state index contributed by atoms with van der Waals surface area (Å²) >= 11 is 1.61. The molecule has 0 N–H and O–H groups in total. The summed E-state index contributed by atoms with van der Waals surface area (Å²) in [6, 6.07) is 8.48. The normalized spacial score (nSPS) is 24.7. The maximum Gasteiger partial charge on any atom is 0.224 e. The van der Waals surface area contributed by atoms with Crippen LogP contribution in [0.1, 0.15) is 36.3 Å². The summed E-state index contributed by atoms with van der Waals surface area (Å²) in [4.78, 5) is 15.2. The van der Waals surface area contributed by atoms with Gasteiger partial charge in [0.2, 0.25) is 5.91 Å². The van der Waals surface area contributed by atoms with Crippen LogP contribution in [-0.4, -0.2) is 24.4 Å². The zero-order valence-corrected chi connectivity index (χ0v) is 15.8. The van der Waals surface area contributed by atoms with Crippen molar-refractivity contribution in [3.8, 4) is 0 Å². The number of anilines is 1. The van der Waals surface area contributed by atoms with Crippen LogP contribution >= 0.6 is 11.3 Å². The van der Waals surface area contributed by atoms with Crippen molar-refractivity contribution in [2.24, 2.45) is 0 Å². The lowest BCUT2D eigenvalue weighted by molar-refractivity contribution is -0.172. The van der Waals surface area contributed by atoms with Gasteiger partial charge in [0.15, 0.2) is 5.79 Å². The van der Waals surface area contributed by atoms with Gasteiger partial charge in [-0.2, -0.15) is 0 Å². The predicted octanol–water partition coefficient (Wildman–Crippen LogP) is 4.06. The Bertz CT molecular complexity index is 836. The number of fused-ring (bicyclic) bond motifs is 1. The first-order valence-corrected chi connectivity index (χ1v) is 9.72. The molecule has 2 unspecified atom stereocenters. The molecule has 138 valence electrons. The molecule has 1 aromatic carbocycles. The van der Waals surface area contributed by atoms with E-state index in [1.165, 1.54) is 22.6 Å². The summed E-state index contributed by atoms with van der Waals surface area (Å²) in [5, 5.41) is 0.898. The maximum absolute atomic E-state index is 13.5. The third kappa shape index (κ3) is 3.41. The number of hydrogen-bond donors (Lipinski definition) is 0. The Kier molecular flexibility index (Phi) is 4.59. The minimum absolute atomic E-state index is 0.0513. The first-order chi connectivity index (χ1) is 12.4. The average molecular weight is 375 g/mol. The molecule has 0 bridgehead atoms. The van der Waals surface area contributed by atoms with E-state index in [0.717, 1.165) is 29.8 Å². The molecule has 26 heavy (non-hydrogen) atoms. The molecule has 2 atom stereocenters. The molecule has 1 spiro atoms. The Morgan fingerprint density at radius 2 is 2.27 bits per heavy atom. The van der Waals surface area contributed by atoms with E-state index in [0.29, 0.717) is 13.2 Å². The molecule has 4 nitrogen and oxygen atoms in total. The molecule has 6 heteroatoms. The van der Waals surface area contributed by atoms with E-state index in [1.54, 1.807) is 29.2 Å². The molecular weight excluding hydrogens is 353 g/mol. The van der Waals surface area contributed by atoms with Crippen LogP contribution in [0.5, 0.6) is 0 Å². The Morgan fingerprint density at radius 3 is 2.96 bits per heavy atom. The third-order valence-corrected chi connectivity index (χ3v) is 6.16. The highest BCUT2D eigenvalue weighted by Crippen LogP contribution is 2.43. The van der Waals surface area contributed by atoms with Gasteiger partial charge in [0.25, 0.3) is 0 Å². The molecule has 1 aliphatic heterocycles. The highest BCUT2D eigenvalue weighted by Gasteiger charge is 2.43. The lowest BCUT2D eigenvalue weighted by atomic mass is 9.93. The summed E-state index contributed by atoms with van der Waals surface area (Å²) in [6.07, 6.45) is 2.57. The van der Waals surface area contributed by atoms with E-state index >= 15 is 0 Å². The number of carbonyl (C=O) groups is 1. The van der Waals surface area contributed by atoms with E-state index < -0.39 is 5.79 Å². The number of carbonyl (C=O) groups excluding carboxylic acids is 1. The maximum atomic E-state index is 13.5. The van der Waals surface area contributed by atoms with Crippen LogP contribution in [0.2, 0.25) is 0 Å². The van der Waals surface area contributed by atoms with Gasteiger partial charge in [-0.05, 0) is 42.7 Å². The van der Waals surface area contributed by atoms with Crippen LogP contribution in [0, 0.1) is 5.82 Å². The minimum atomic E-state index is -0.502. The van der Waals surface area contributed by atoms with Crippen LogP contribution in [0.25, 0.3) is 0 Å².